The maximum absolute atomic E-state index is 13.5. The van der Waals surface area contributed by atoms with Gasteiger partial charge in [0, 0.05) is 16.1 Å². The number of hydrogen-bond donors (Lipinski definition) is 0. The Kier molecular flexibility index (Phi) is 5.68. The molecule has 6 rings (SSSR count). The van der Waals surface area contributed by atoms with E-state index in [1.165, 1.54) is 19.3 Å². The number of hydrogen-bond acceptors (Lipinski definition) is 5. The molecule has 0 saturated heterocycles. The van der Waals surface area contributed by atoms with E-state index in [0.717, 1.165) is 53.7 Å². The van der Waals surface area contributed by atoms with Crippen molar-refractivity contribution in [3.8, 4) is 5.69 Å². The van der Waals surface area contributed by atoms with E-state index in [1.54, 1.807) is 11.8 Å². The van der Waals surface area contributed by atoms with Crippen LogP contribution in [0, 0.1) is 23.2 Å². The molecule has 1 heterocycles. The molecule has 4 saturated carbocycles. The number of carbonyl (C=O) groups excluding carboxylic acids is 1. The first-order valence-electron chi connectivity index (χ1n) is 11.4. The van der Waals surface area contributed by atoms with Crippen LogP contribution in [0.4, 0.5) is 0 Å². The molecule has 166 valence electrons. The molecule has 4 fully saturated rings. The van der Waals surface area contributed by atoms with Crippen LogP contribution in [-0.4, -0.2) is 45.3 Å². The molecule has 1 aromatic heterocycles. The van der Waals surface area contributed by atoms with Gasteiger partial charge in [-0.15, -0.1) is 10.2 Å². The molecule has 0 N–H and O–H groups in total. The van der Waals surface area contributed by atoms with Gasteiger partial charge in [-0.25, -0.2) is 0 Å². The summed E-state index contributed by atoms with van der Waals surface area (Å²) in [4.78, 5) is 15.6. The largest absolute Gasteiger partial charge is 0.300 e. The Morgan fingerprint density at radius 1 is 1.13 bits per heavy atom. The molecule has 0 spiro atoms. The van der Waals surface area contributed by atoms with Gasteiger partial charge in [-0.3, -0.25) is 14.3 Å². The smallest absolute Gasteiger partial charge is 0.196 e. The predicted octanol–water partition coefficient (Wildman–Crippen LogP) is 5.42. The number of halogens is 1. The predicted molar refractivity (Wildman–Crippen MR) is 125 cm³/mol. The summed E-state index contributed by atoms with van der Waals surface area (Å²) < 4.78 is 2.08. The van der Waals surface area contributed by atoms with Gasteiger partial charge in [0.05, 0.1) is 11.8 Å². The van der Waals surface area contributed by atoms with Gasteiger partial charge in [-0.1, -0.05) is 23.4 Å². The first-order chi connectivity index (χ1) is 14.8. The van der Waals surface area contributed by atoms with Gasteiger partial charge < -0.3 is 0 Å². The second kappa shape index (κ2) is 8.20. The Hall–Kier alpha value is -1.37. The number of carbonyl (C=O) groups is 1. The van der Waals surface area contributed by atoms with Crippen molar-refractivity contribution in [2.24, 2.45) is 23.2 Å². The normalized spacial score (nSPS) is 30.2. The molecule has 2 aromatic rings. The highest BCUT2D eigenvalue weighted by atomic mass is 35.5. The van der Waals surface area contributed by atoms with Gasteiger partial charge in [0.25, 0.3) is 0 Å². The Bertz CT molecular complexity index is 935. The average Bonchev–Trinajstić information content (AvgIpc) is 3.14. The molecule has 0 amide bonds. The first kappa shape index (κ1) is 21.5. The van der Waals surface area contributed by atoms with E-state index in [4.69, 9.17) is 11.6 Å². The van der Waals surface area contributed by atoms with E-state index in [0.29, 0.717) is 16.6 Å². The monoisotopic (exact) mass is 458 g/mol. The van der Waals surface area contributed by atoms with Crippen LogP contribution in [0.5, 0.6) is 0 Å². The van der Waals surface area contributed by atoms with Gasteiger partial charge >= 0.3 is 0 Å². The third-order valence-electron chi connectivity index (χ3n) is 7.85. The molecule has 0 radical (unpaired) electrons. The highest BCUT2D eigenvalue weighted by Gasteiger charge is 2.54. The Morgan fingerprint density at radius 2 is 1.71 bits per heavy atom. The number of ketones is 1. The summed E-state index contributed by atoms with van der Waals surface area (Å²) in [7, 11) is 4.07. The van der Waals surface area contributed by atoms with E-state index in [1.807, 2.05) is 38.4 Å². The fourth-order valence-corrected chi connectivity index (χ4v) is 7.56. The molecule has 7 heteroatoms. The average molecular weight is 459 g/mol. The highest BCUT2D eigenvalue weighted by molar-refractivity contribution is 7.99. The quantitative estimate of drug-likeness (QED) is 0.518. The van der Waals surface area contributed by atoms with E-state index < -0.39 is 0 Å². The lowest BCUT2D eigenvalue weighted by atomic mass is 9.48. The third-order valence-corrected chi connectivity index (χ3v) is 9.03. The minimum absolute atomic E-state index is 0.0629. The molecule has 4 aliphatic carbocycles. The van der Waals surface area contributed by atoms with Crippen molar-refractivity contribution < 1.29 is 4.79 Å². The van der Waals surface area contributed by atoms with Crippen molar-refractivity contribution >= 4 is 29.1 Å². The molecule has 0 unspecified atom stereocenters. The van der Waals surface area contributed by atoms with Crippen LogP contribution in [0.1, 0.15) is 57.3 Å². The van der Waals surface area contributed by atoms with Crippen molar-refractivity contribution in [2.45, 2.75) is 56.6 Å². The number of Topliss-reactive ketones (excluding diaryl/α,β-unsaturated/α-hetero) is 1. The topological polar surface area (TPSA) is 51.0 Å². The Balaban J connectivity index is 1.39. The van der Waals surface area contributed by atoms with Crippen molar-refractivity contribution in [2.75, 3.05) is 19.8 Å². The number of benzene rings is 1. The van der Waals surface area contributed by atoms with Crippen molar-refractivity contribution in [3.05, 3.63) is 35.1 Å². The van der Waals surface area contributed by atoms with Crippen LogP contribution in [0.3, 0.4) is 0 Å². The molecule has 1 aromatic carbocycles. The van der Waals surface area contributed by atoms with E-state index in [2.05, 4.69) is 26.6 Å². The second-order valence-corrected chi connectivity index (χ2v) is 11.6. The maximum Gasteiger partial charge on any atom is 0.196 e. The Morgan fingerprint density at radius 3 is 2.26 bits per heavy atom. The van der Waals surface area contributed by atoms with Gasteiger partial charge in [0.1, 0.15) is 5.78 Å². The summed E-state index contributed by atoms with van der Waals surface area (Å²) >= 11 is 7.66. The van der Waals surface area contributed by atoms with Crippen LogP contribution in [-0.2, 0) is 4.79 Å². The number of nitrogens with zero attached hydrogens (tertiary/aromatic N) is 4. The summed E-state index contributed by atoms with van der Waals surface area (Å²) in [6.07, 6.45) is 7.42. The summed E-state index contributed by atoms with van der Waals surface area (Å²) in [5.41, 5.74) is 0.912. The molecule has 4 aliphatic rings. The molecule has 31 heavy (non-hydrogen) atoms. The van der Waals surface area contributed by atoms with Crippen molar-refractivity contribution in [1.82, 2.24) is 19.7 Å². The number of rotatable bonds is 7. The zero-order valence-electron chi connectivity index (χ0n) is 18.6. The fraction of sp³-hybridized carbons (Fsp3) is 0.625. The SMILES string of the molecule is C[C@H](c1nnc(SCC(=O)C23CC4CC(CC(C4)C2)C3)n1-c1ccc(Cl)cc1)N(C)C. The molecular formula is C24H31ClN4OS. The summed E-state index contributed by atoms with van der Waals surface area (Å²) in [5.74, 6) is 4.14. The van der Waals surface area contributed by atoms with Crippen molar-refractivity contribution in [1.29, 1.82) is 0 Å². The molecule has 5 nitrogen and oxygen atoms in total. The van der Waals surface area contributed by atoms with E-state index >= 15 is 0 Å². The first-order valence-corrected chi connectivity index (χ1v) is 12.7. The summed E-state index contributed by atoms with van der Waals surface area (Å²) in [5, 5.41) is 10.5. The van der Waals surface area contributed by atoms with Crippen LogP contribution >= 0.6 is 23.4 Å². The van der Waals surface area contributed by atoms with Crippen LogP contribution in [0.15, 0.2) is 29.4 Å². The fourth-order valence-electron chi connectivity index (χ4n) is 6.44. The van der Waals surface area contributed by atoms with Crippen LogP contribution < -0.4 is 0 Å². The van der Waals surface area contributed by atoms with Crippen LogP contribution in [0.2, 0.25) is 5.02 Å². The summed E-state index contributed by atoms with van der Waals surface area (Å²) in [6.45, 7) is 2.12. The standard InChI is InChI=1S/C24H31ClN4OS/c1-15(28(2)3)22-26-27-23(29(22)20-6-4-19(25)5-7-20)31-14-21(30)24-11-16-8-17(12-24)10-18(9-16)13-24/h4-7,15-18H,8-14H2,1-3H3/t15-,16?,17?,18?,24?/m1/s1. The van der Waals surface area contributed by atoms with Gasteiger partial charge in [0.2, 0.25) is 0 Å². The Labute approximate surface area is 193 Å². The zero-order chi connectivity index (χ0) is 21.8. The van der Waals surface area contributed by atoms with Gasteiger partial charge in [-0.2, -0.15) is 0 Å². The van der Waals surface area contributed by atoms with Gasteiger partial charge in [0.15, 0.2) is 11.0 Å². The molecule has 1 atom stereocenters. The molecular weight excluding hydrogens is 428 g/mol. The van der Waals surface area contributed by atoms with E-state index in [9.17, 15) is 4.79 Å². The number of thioether (sulfide) groups is 1. The lowest BCUT2D eigenvalue weighted by Gasteiger charge is -2.56. The lowest BCUT2D eigenvalue weighted by molar-refractivity contribution is -0.141. The second-order valence-electron chi connectivity index (χ2n) is 10.2. The number of aromatic nitrogens is 3. The van der Waals surface area contributed by atoms with Crippen molar-refractivity contribution in [3.63, 3.8) is 0 Å². The third kappa shape index (κ3) is 3.96. The minimum atomic E-state index is -0.0629. The lowest BCUT2D eigenvalue weighted by Crippen LogP contribution is -2.50. The molecule has 0 aliphatic heterocycles. The maximum atomic E-state index is 13.5. The zero-order valence-corrected chi connectivity index (χ0v) is 20.1. The van der Waals surface area contributed by atoms with Gasteiger partial charge in [-0.05, 0) is 102 Å². The minimum Gasteiger partial charge on any atom is -0.300 e. The molecule has 4 bridgehead atoms. The van der Waals surface area contributed by atoms with E-state index in [-0.39, 0.29) is 11.5 Å². The van der Waals surface area contributed by atoms with Crippen LogP contribution in [0.25, 0.3) is 5.69 Å². The highest BCUT2D eigenvalue weighted by Crippen LogP contribution is 2.60. The summed E-state index contributed by atoms with van der Waals surface area (Å²) in [6, 6.07) is 7.84.